The van der Waals surface area contributed by atoms with Gasteiger partial charge < -0.3 is 10.2 Å². The lowest BCUT2D eigenvalue weighted by Crippen LogP contribution is -1.99. The van der Waals surface area contributed by atoms with Crippen LogP contribution in [-0.4, -0.2) is 22.8 Å². The van der Waals surface area contributed by atoms with E-state index in [0.29, 0.717) is 18.4 Å². The minimum absolute atomic E-state index is 0.00522. The number of aliphatic hydroxyl groups is 1. The second-order valence-electron chi connectivity index (χ2n) is 8.99. The van der Waals surface area contributed by atoms with Gasteiger partial charge in [0.25, 0.3) is 0 Å². The van der Waals surface area contributed by atoms with Crippen LogP contribution in [-0.2, 0) is 4.79 Å². The molecule has 0 aliphatic heterocycles. The summed E-state index contributed by atoms with van der Waals surface area (Å²) in [7, 11) is 0. The van der Waals surface area contributed by atoms with Gasteiger partial charge in [0.1, 0.15) is 0 Å². The van der Waals surface area contributed by atoms with Crippen molar-refractivity contribution in [1.82, 2.24) is 0 Å². The van der Waals surface area contributed by atoms with Crippen molar-refractivity contribution in [2.45, 2.75) is 117 Å². The minimum Gasteiger partial charge on any atom is -0.481 e. The maximum absolute atomic E-state index is 10.5. The average molecular weight is 383 g/mol. The fourth-order valence-electron chi connectivity index (χ4n) is 4.13. The van der Waals surface area contributed by atoms with Crippen LogP contribution in [0, 0.1) is 23.7 Å². The van der Waals surface area contributed by atoms with Crippen LogP contribution in [0.1, 0.15) is 117 Å². The highest BCUT2D eigenvalue weighted by atomic mass is 16.4. The van der Waals surface area contributed by atoms with Gasteiger partial charge in [0.05, 0.1) is 5.92 Å². The second-order valence-corrected chi connectivity index (χ2v) is 8.99. The molecule has 0 aromatic rings. The normalized spacial score (nSPS) is 25.6. The van der Waals surface area contributed by atoms with E-state index in [1.807, 2.05) is 0 Å². The molecule has 4 atom stereocenters. The smallest absolute Gasteiger partial charge is 0.306 e. The number of unbranched alkanes of at least 4 members (excludes halogenated alkanes) is 10. The molecule has 0 radical (unpaired) electrons. The Hall–Kier alpha value is -0.570. The Kier molecular flexibility index (Phi) is 13.9. The molecule has 0 saturated heterocycles. The third kappa shape index (κ3) is 12.5. The van der Waals surface area contributed by atoms with E-state index in [9.17, 15) is 4.79 Å². The molecule has 0 heterocycles. The van der Waals surface area contributed by atoms with Gasteiger partial charge in [0.15, 0.2) is 0 Å². The van der Waals surface area contributed by atoms with E-state index in [1.54, 1.807) is 0 Å². The lowest BCUT2D eigenvalue weighted by Gasteiger charge is -1.99. The van der Waals surface area contributed by atoms with Crippen LogP contribution in [0.3, 0.4) is 0 Å². The Morgan fingerprint density at radius 2 is 1.19 bits per heavy atom. The van der Waals surface area contributed by atoms with E-state index in [0.717, 1.165) is 18.8 Å². The van der Waals surface area contributed by atoms with Crippen molar-refractivity contribution < 1.29 is 15.0 Å². The van der Waals surface area contributed by atoms with Crippen molar-refractivity contribution in [3.8, 4) is 0 Å². The zero-order valence-electron chi connectivity index (χ0n) is 18.1. The van der Waals surface area contributed by atoms with Crippen LogP contribution < -0.4 is 0 Å². The molecular formula is C24H46O3. The summed E-state index contributed by atoms with van der Waals surface area (Å²) in [5.74, 6) is 1.50. The zero-order valence-corrected chi connectivity index (χ0v) is 18.1. The first-order valence-electron chi connectivity index (χ1n) is 12.0. The number of aliphatic carboxylic acids is 1. The fourth-order valence-corrected chi connectivity index (χ4v) is 4.13. The summed E-state index contributed by atoms with van der Waals surface area (Å²) < 4.78 is 0. The molecule has 3 heteroatoms. The Morgan fingerprint density at radius 1 is 0.704 bits per heavy atom. The highest BCUT2D eigenvalue weighted by Gasteiger charge is 2.42. The third-order valence-corrected chi connectivity index (χ3v) is 6.40. The predicted octanol–water partition coefficient (Wildman–Crippen LogP) is 6.82. The number of carboxylic acids is 1. The summed E-state index contributed by atoms with van der Waals surface area (Å²) in [6.07, 6.45) is 21.0. The van der Waals surface area contributed by atoms with E-state index in [-0.39, 0.29) is 5.92 Å². The first-order chi connectivity index (χ1) is 13.1. The van der Waals surface area contributed by atoms with Crippen molar-refractivity contribution in [2.75, 3.05) is 6.61 Å². The van der Waals surface area contributed by atoms with Crippen molar-refractivity contribution in [1.29, 1.82) is 0 Å². The summed E-state index contributed by atoms with van der Waals surface area (Å²) in [5.41, 5.74) is 0. The van der Waals surface area contributed by atoms with Crippen molar-refractivity contribution in [3.63, 3.8) is 0 Å². The maximum atomic E-state index is 10.5. The molecule has 27 heavy (non-hydrogen) atoms. The number of aliphatic hydroxyl groups excluding tert-OH is 1. The van der Waals surface area contributed by atoms with E-state index in [4.69, 9.17) is 10.2 Å². The molecule has 0 spiro atoms. The molecule has 160 valence electrons. The van der Waals surface area contributed by atoms with Gasteiger partial charge in [-0.05, 0) is 37.0 Å². The highest BCUT2D eigenvalue weighted by Crippen LogP contribution is 2.42. The van der Waals surface area contributed by atoms with Crippen LogP contribution in [0.15, 0.2) is 0 Å². The van der Waals surface area contributed by atoms with Gasteiger partial charge in [0, 0.05) is 6.61 Å². The van der Waals surface area contributed by atoms with Crippen molar-refractivity contribution in [2.24, 2.45) is 23.7 Å². The largest absolute Gasteiger partial charge is 0.481 e. The Balaban J connectivity index is 0.000000271. The SMILES string of the molecule is CCCCCCCC[C@H]1C[C@@H]1C(=O)O.CCCCCCCC[C@H]1C[C@@H]1CO. The molecule has 2 saturated carbocycles. The van der Waals surface area contributed by atoms with Crippen LogP contribution >= 0.6 is 0 Å². The molecule has 0 bridgehead atoms. The Bertz CT molecular complexity index is 369. The summed E-state index contributed by atoms with van der Waals surface area (Å²) >= 11 is 0. The number of hydrogen-bond acceptors (Lipinski definition) is 2. The standard InChI is InChI=1S/C12H22O2.C12H24O/c1-2-3-4-5-6-7-8-10-9-11(10)12(13)14;1-2-3-4-5-6-7-8-11-9-12(11)10-13/h10-11H,2-9H2,1H3,(H,13,14);11-13H,2-10H2,1H3/t10-,11-;11-,12+/m00/s1. The second kappa shape index (κ2) is 15.4. The van der Waals surface area contributed by atoms with Crippen LogP contribution in [0.4, 0.5) is 0 Å². The van der Waals surface area contributed by atoms with Gasteiger partial charge in [-0.1, -0.05) is 97.3 Å². The van der Waals surface area contributed by atoms with E-state index in [1.165, 1.54) is 89.9 Å². The lowest BCUT2D eigenvalue weighted by atomic mass is 10.1. The number of carboxylic acid groups (broad SMARTS) is 1. The zero-order chi connectivity index (χ0) is 19.9. The molecule has 0 amide bonds. The van der Waals surface area contributed by atoms with Crippen LogP contribution in [0.5, 0.6) is 0 Å². The van der Waals surface area contributed by atoms with Gasteiger partial charge in [-0.15, -0.1) is 0 Å². The number of hydrogen-bond donors (Lipinski definition) is 2. The highest BCUT2D eigenvalue weighted by molar-refractivity contribution is 5.73. The van der Waals surface area contributed by atoms with E-state index >= 15 is 0 Å². The first-order valence-corrected chi connectivity index (χ1v) is 12.0. The van der Waals surface area contributed by atoms with E-state index < -0.39 is 5.97 Å². The van der Waals surface area contributed by atoms with E-state index in [2.05, 4.69) is 13.8 Å². The van der Waals surface area contributed by atoms with Gasteiger partial charge in [0.2, 0.25) is 0 Å². The molecule has 2 fully saturated rings. The number of carbonyl (C=O) groups is 1. The molecular weight excluding hydrogens is 336 g/mol. The quantitative estimate of drug-likeness (QED) is 0.288. The summed E-state index contributed by atoms with van der Waals surface area (Å²) in [6.45, 7) is 4.91. The molecule has 2 aliphatic carbocycles. The van der Waals surface area contributed by atoms with Gasteiger partial charge in [-0.2, -0.15) is 0 Å². The molecule has 2 N–H and O–H groups in total. The van der Waals surface area contributed by atoms with Crippen LogP contribution in [0.2, 0.25) is 0 Å². The maximum Gasteiger partial charge on any atom is 0.306 e. The van der Waals surface area contributed by atoms with Gasteiger partial charge >= 0.3 is 5.97 Å². The monoisotopic (exact) mass is 382 g/mol. The number of rotatable bonds is 16. The Labute approximate surface area is 168 Å². The minimum atomic E-state index is -0.582. The predicted molar refractivity (Wildman–Crippen MR) is 114 cm³/mol. The molecule has 2 aliphatic rings. The average Bonchev–Trinajstić information content (AvgIpc) is 3.56. The first kappa shape index (κ1) is 24.5. The fraction of sp³-hybridized carbons (Fsp3) is 0.958. The Morgan fingerprint density at radius 3 is 1.59 bits per heavy atom. The molecule has 0 aromatic carbocycles. The topological polar surface area (TPSA) is 57.5 Å². The molecule has 0 unspecified atom stereocenters. The van der Waals surface area contributed by atoms with Crippen LogP contribution in [0.25, 0.3) is 0 Å². The summed E-state index contributed by atoms with van der Waals surface area (Å²) in [6, 6.07) is 0. The van der Waals surface area contributed by atoms with Crippen molar-refractivity contribution in [3.05, 3.63) is 0 Å². The van der Waals surface area contributed by atoms with Gasteiger partial charge in [-0.3, -0.25) is 4.79 Å². The van der Waals surface area contributed by atoms with Gasteiger partial charge in [-0.25, -0.2) is 0 Å². The summed E-state index contributed by atoms with van der Waals surface area (Å²) in [4.78, 5) is 10.5. The molecule has 3 nitrogen and oxygen atoms in total. The van der Waals surface area contributed by atoms with Crippen molar-refractivity contribution >= 4 is 5.97 Å². The lowest BCUT2D eigenvalue weighted by molar-refractivity contribution is -0.138. The summed E-state index contributed by atoms with van der Waals surface area (Å²) in [5, 5.41) is 17.5. The third-order valence-electron chi connectivity index (χ3n) is 6.40. The molecule has 2 rings (SSSR count). The molecule has 0 aromatic heterocycles.